The molecule has 0 spiro atoms. The van der Waals surface area contributed by atoms with E-state index in [0.717, 1.165) is 18.4 Å². The number of nitrogens with zero attached hydrogens (tertiary/aromatic N) is 3. The molecule has 1 heterocycles. The molecule has 1 aliphatic carbocycles. The predicted octanol–water partition coefficient (Wildman–Crippen LogP) is 2.80. The zero-order chi connectivity index (χ0) is 13.2. The van der Waals surface area contributed by atoms with Crippen LogP contribution in [0.3, 0.4) is 0 Å². The van der Waals surface area contributed by atoms with E-state index >= 15 is 0 Å². The topological polar surface area (TPSA) is 63.7 Å². The van der Waals surface area contributed by atoms with Gasteiger partial charge in [-0.2, -0.15) is 5.21 Å². The molecule has 0 aliphatic heterocycles. The van der Waals surface area contributed by atoms with Crippen LogP contribution in [0, 0.1) is 0 Å². The third-order valence-electron chi connectivity index (χ3n) is 3.41. The second kappa shape index (κ2) is 5.17. The maximum absolute atomic E-state index is 6.35. The molecule has 5 nitrogen and oxygen atoms in total. The zero-order valence-electron chi connectivity index (χ0n) is 10.7. The van der Waals surface area contributed by atoms with Gasteiger partial charge in [-0.1, -0.05) is 11.6 Å². The van der Waals surface area contributed by atoms with Gasteiger partial charge < -0.3 is 4.74 Å². The fourth-order valence-electron chi connectivity index (χ4n) is 2.64. The number of tetrazole rings is 1. The number of nitrogens with one attached hydrogen (secondary N) is 1. The van der Waals surface area contributed by atoms with Gasteiger partial charge in [0.2, 0.25) is 5.82 Å². The van der Waals surface area contributed by atoms with Crippen LogP contribution in [-0.2, 0) is 12.8 Å². The van der Waals surface area contributed by atoms with Gasteiger partial charge in [-0.15, -0.1) is 10.2 Å². The Morgan fingerprint density at radius 1 is 1.37 bits per heavy atom. The van der Waals surface area contributed by atoms with Gasteiger partial charge in [0.15, 0.2) is 0 Å². The number of rotatable bonds is 3. The molecule has 0 bridgehead atoms. The van der Waals surface area contributed by atoms with E-state index in [-0.39, 0.29) is 0 Å². The third kappa shape index (κ3) is 2.18. The van der Waals surface area contributed by atoms with Crippen LogP contribution < -0.4 is 4.74 Å². The Hall–Kier alpha value is -1.62. The number of benzene rings is 1. The van der Waals surface area contributed by atoms with E-state index in [2.05, 4.69) is 20.6 Å². The molecule has 2 aromatic rings. The van der Waals surface area contributed by atoms with Crippen molar-refractivity contribution in [2.24, 2.45) is 0 Å². The smallest absolute Gasteiger partial charge is 0.208 e. The molecule has 0 unspecified atom stereocenters. The number of hydrogen-bond acceptors (Lipinski definition) is 4. The Kier molecular flexibility index (Phi) is 3.38. The van der Waals surface area contributed by atoms with Gasteiger partial charge in [0, 0.05) is 0 Å². The number of hydrogen-bond donors (Lipinski definition) is 1. The number of fused-ring (bicyclic) bond motifs is 1. The molecule has 0 radical (unpaired) electrons. The molecule has 100 valence electrons. The van der Waals surface area contributed by atoms with Crippen molar-refractivity contribution in [2.75, 3.05) is 6.61 Å². The first-order chi connectivity index (χ1) is 9.31. The third-order valence-corrected chi connectivity index (χ3v) is 3.70. The van der Waals surface area contributed by atoms with Crippen LogP contribution in [0.4, 0.5) is 0 Å². The Morgan fingerprint density at radius 2 is 2.21 bits per heavy atom. The monoisotopic (exact) mass is 278 g/mol. The second-order valence-electron chi connectivity index (χ2n) is 4.58. The lowest BCUT2D eigenvalue weighted by atomic mass is 9.87. The molecule has 1 aromatic carbocycles. The van der Waals surface area contributed by atoms with E-state index in [9.17, 15) is 0 Å². The largest absolute Gasteiger partial charge is 0.492 e. The van der Waals surface area contributed by atoms with Gasteiger partial charge >= 0.3 is 0 Å². The van der Waals surface area contributed by atoms with Crippen molar-refractivity contribution in [3.63, 3.8) is 0 Å². The van der Waals surface area contributed by atoms with Crippen LogP contribution >= 0.6 is 11.6 Å². The van der Waals surface area contributed by atoms with Crippen LogP contribution in [0.2, 0.25) is 5.02 Å². The number of aryl methyl sites for hydroxylation is 1. The highest BCUT2D eigenvalue weighted by molar-refractivity contribution is 6.32. The summed E-state index contributed by atoms with van der Waals surface area (Å²) in [5.41, 5.74) is 3.43. The molecule has 19 heavy (non-hydrogen) atoms. The Labute approximate surface area is 116 Å². The van der Waals surface area contributed by atoms with Crippen molar-refractivity contribution in [1.82, 2.24) is 20.6 Å². The fraction of sp³-hybridized carbons (Fsp3) is 0.462. The quantitative estimate of drug-likeness (QED) is 0.938. The normalized spacial score (nSPS) is 14.2. The lowest BCUT2D eigenvalue weighted by Gasteiger charge is -2.21. The molecular weight excluding hydrogens is 264 g/mol. The first-order valence-corrected chi connectivity index (χ1v) is 6.90. The lowest BCUT2D eigenvalue weighted by Crippen LogP contribution is -2.08. The summed E-state index contributed by atoms with van der Waals surface area (Å²) < 4.78 is 5.70. The summed E-state index contributed by atoms with van der Waals surface area (Å²) in [7, 11) is 0. The first-order valence-electron chi connectivity index (χ1n) is 6.52. The highest BCUT2D eigenvalue weighted by Crippen LogP contribution is 2.42. The predicted molar refractivity (Wildman–Crippen MR) is 72.4 cm³/mol. The number of halogens is 1. The van der Waals surface area contributed by atoms with Crippen LogP contribution in [0.25, 0.3) is 11.4 Å². The summed E-state index contributed by atoms with van der Waals surface area (Å²) in [6.45, 7) is 2.50. The zero-order valence-corrected chi connectivity index (χ0v) is 11.5. The van der Waals surface area contributed by atoms with Gasteiger partial charge in [-0.3, -0.25) is 0 Å². The van der Waals surface area contributed by atoms with E-state index in [0.29, 0.717) is 23.2 Å². The Morgan fingerprint density at radius 3 is 2.95 bits per heavy atom. The van der Waals surface area contributed by atoms with E-state index in [1.807, 2.05) is 13.0 Å². The van der Waals surface area contributed by atoms with E-state index in [1.54, 1.807) is 0 Å². The molecule has 1 N–H and O–H groups in total. The summed E-state index contributed by atoms with van der Waals surface area (Å²) in [4.78, 5) is 0. The molecule has 0 fully saturated rings. The number of ether oxygens (including phenoxy) is 1. The molecule has 0 saturated carbocycles. The number of aromatic nitrogens is 4. The highest BCUT2D eigenvalue weighted by atomic mass is 35.5. The summed E-state index contributed by atoms with van der Waals surface area (Å²) in [6.07, 6.45) is 4.43. The summed E-state index contributed by atoms with van der Waals surface area (Å²) in [5, 5.41) is 15.0. The maximum Gasteiger partial charge on any atom is 0.208 e. The molecule has 6 heteroatoms. The van der Waals surface area contributed by atoms with E-state index < -0.39 is 0 Å². The summed E-state index contributed by atoms with van der Waals surface area (Å²) in [5.74, 6) is 1.23. The Bertz CT molecular complexity index is 583. The van der Waals surface area contributed by atoms with Gasteiger partial charge in [-0.05, 0) is 55.0 Å². The molecule has 0 atom stereocenters. The van der Waals surface area contributed by atoms with E-state index in [4.69, 9.17) is 16.3 Å². The molecular formula is C13H15ClN4O. The van der Waals surface area contributed by atoms with Crippen molar-refractivity contribution in [1.29, 1.82) is 0 Å². The maximum atomic E-state index is 6.35. The second-order valence-corrected chi connectivity index (χ2v) is 4.98. The standard InChI is InChI=1S/C13H15ClN4O/c1-2-19-12-10(14)7-8-5-3-4-6-9(8)11(12)13-15-17-18-16-13/h7H,2-6H2,1H3,(H,15,16,17,18). The van der Waals surface area contributed by atoms with Crippen molar-refractivity contribution in [3.05, 3.63) is 22.2 Å². The Balaban J connectivity index is 2.24. The average molecular weight is 279 g/mol. The SMILES string of the molecule is CCOc1c(Cl)cc2c(c1-c1nn[nH]n1)CCCC2. The lowest BCUT2D eigenvalue weighted by molar-refractivity contribution is 0.341. The molecule has 1 aliphatic rings. The summed E-state index contributed by atoms with van der Waals surface area (Å²) >= 11 is 6.35. The van der Waals surface area contributed by atoms with E-state index in [1.165, 1.54) is 24.0 Å². The minimum atomic E-state index is 0.559. The van der Waals surface area contributed by atoms with Gasteiger partial charge in [0.05, 0.1) is 17.2 Å². The average Bonchev–Trinajstić information content (AvgIpc) is 2.93. The van der Waals surface area contributed by atoms with Gasteiger partial charge in [0.1, 0.15) is 5.75 Å². The number of H-pyrrole nitrogens is 1. The van der Waals surface area contributed by atoms with Crippen LogP contribution in [0.1, 0.15) is 30.9 Å². The van der Waals surface area contributed by atoms with Crippen molar-refractivity contribution in [2.45, 2.75) is 32.6 Å². The van der Waals surface area contributed by atoms with Crippen LogP contribution in [0.5, 0.6) is 5.75 Å². The fourth-order valence-corrected chi connectivity index (χ4v) is 2.92. The van der Waals surface area contributed by atoms with Crippen molar-refractivity contribution >= 4 is 11.6 Å². The van der Waals surface area contributed by atoms with Crippen LogP contribution in [-0.4, -0.2) is 27.2 Å². The first kappa shape index (κ1) is 12.4. The van der Waals surface area contributed by atoms with Gasteiger partial charge in [-0.25, -0.2) is 0 Å². The van der Waals surface area contributed by atoms with Crippen molar-refractivity contribution in [3.8, 4) is 17.1 Å². The molecule has 0 amide bonds. The molecule has 0 saturated heterocycles. The highest BCUT2D eigenvalue weighted by Gasteiger charge is 2.24. The minimum absolute atomic E-state index is 0.559. The molecule has 1 aromatic heterocycles. The number of aromatic amines is 1. The van der Waals surface area contributed by atoms with Gasteiger partial charge in [0.25, 0.3) is 0 Å². The van der Waals surface area contributed by atoms with Crippen LogP contribution in [0.15, 0.2) is 6.07 Å². The summed E-state index contributed by atoms with van der Waals surface area (Å²) in [6, 6.07) is 2.02. The van der Waals surface area contributed by atoms with Crippen molar-refractivity contribution < 1.29 is 4.74 Å². The molecule has 3 rings (SSSR count). The minimum Gasteiger partial charge on any atom is -0.492 e.